The molecule has 0 saturated carbocycles. The minimum atomic E-state index is -0.828. The molecule has 1 N–H and O–H groups in total. The van der Waals surface area contributed by atoms with E-state index in [4.69, 9.17) is 9.84 Å². The van der Waals surface area contributed by atoms with Crippen molar-refractivity contribution in [1.29, 1.82) is 0 Å². The van der Waals surface area contributed by atoms with Gasteiger partial charge in [-0.05, 0) is 31.1 Å². The maximum atomic E-state index is 10.7. The third-order valence-electron chi connectivity index (χ3n) is 2.76. The van der Waals surface area contributed by atoms with Crippen LogP contribution in [0.5, 0.6) is 5.75 Å². The average molecular weight is 279 g/mol. The van der Waals surface area contributed by atoms with Crippen molar-refractivity contribution in [1.82, 2.24) is 0 Å². The monoisotopic (exact) mass is 279 g/mol. The van der Waals surface area contributed by atoms with E-state index in [2.05, 4.69) is 0 Å². The fourth-order valence-corrected chi connectivity index (χ4v) is 1.40. The summed E-state index contributed by atoms with van der Waals surface area (Å²) in [4.78, 5) is 20.7. The summed E-state index contributed by atoms with van der Waals surface area (Å²) in [6, 6.07) is 5.82. The first-order valence-electron chi connectivity index (χ1n) is 6.16. The number of nitrogens with zero attached hydrogens (tertiary/aromatic N) is 1. The zero-order chi connectivity index (χ0) is 15.1. The molecule has 6 heteroatoms. The number of aliphatic carboxylic acids is 1. The SMILES string of the molecule is C/C(=C\CC(C)C(=O)O)COc1ccc([N+](=O)[O-])cc1. The molecule has 6 nitrogen and oxygen atoms in total. The van der Waals surface area contributed by atoms with Gasteiger partial charge in [0.15, 0.2) is 0 Å². The molecule has 0 amide bonds. The predicted molar refractivity (Wildman–Crippen MR) is 73.8 cm³/mol. The van der Waals surface area contributed by atoms with Crippen LogP contribution in [-0.2, 0) is 4.79 Å². The van der Waals surface area contributed by atoms with Crippen LogP contribution in [0.2, 0.25) is 0 Å². The number of carboxylic acid groups (broad SMARTS) is 1. The molecule has 0 aliphatic carbocycles. The Hall–Kier alpha value is -2.37. The summed E-state index contributed by atoms with van der Waals surface area (Å²) in [6.45, 7) is 3.81. The molecule has 1 unspecified atom stereocenters. The highest BCUT2D eigenvalue weighted by atomic mass is 16.6. The summed E-state index contributed by atoms with van der Waals surface area (Å²) in [5.41, 5.74) is 0.927. The second-order valence-electron chi connectivity index (χ2n) is 4.57. The largest absolute Gasteiger partial charge is 0.489 e. The number of nitro benzene ring substituents is 1. The average Bonchev–Trinajstić information content (AvgIpc) is 2.42. The Kier molecular flexibility index (Phi) is 5.71. The maximum absolute atomic E-state index is 10.7. The van der Waals surface area contributed by atoms with Crippen molar-refractivity contribution in [2.24, 2.45) is 5.92 Å². The number of ether oxygens (including phenoxy) is 1. The van der Waals surface area contributed by atoms with Crippen molar-refractivity contribution in [3.63, 3.8) is 0 Å². The normalized spacial score (nSPS) is 12.8. The van der Waals surface area contributed by atoms with Crippen molar-refractivity contribution in [3.05, 3.63) is 46.0 Å². The molecule has 1 atom stereocenters. The number of benzene rings is 1. The quantitative estimate of drug-likeness (QED) is 0.470. The van der Waals surface area contributed by atoms with Crippen LogP contribution < -0.4 is 4.74 Å². The molecule has 20 heavy (non-hydrogen) atoms. The summed E-state index contributed by atoms with van der Waals surface area (Å²) in [5.74, 6) is -0.718. The summed E-state index contributed by atoms with van der Waals surface area (Å²) in [5, 5.41) is 19.2. The highest BCUT2D eigenvalue weighted by Crippen LogP contribution is 2.18. The lowest BCUT2D eigenvalue weighted by Gasteiger charge is -2.07. The molecule has 0 aliphatic heterocycles. The number of hydrogen-bond donors (Lipinski definition) is 1. The Morgan fingerprint density at radius 3 is 2.55 bits per heavy atom. The standard InChI is InChI=1S/C14H17NO5/c1-10(3-4-11(2)14(16)17)9-20-13-7-5-12(6-8-13)15(18)19/h3,5-8,11H,4,9H2,1-2H3,(H,16,17)/b10-3+. The molecule has 108 valence electrons. The van der Waals surface area contributed by atoms with Crippen molar-refractivity contribution in [3.8, 4) is 5.75 Å². The lowest BCUT2D eigenvalue weighted by Crippen LogP contribution is -2.08. The second kappa shape index (κ2) is 7.28. The Bertz CT molecular complexity index is 507. The Labute approximate surface area is 116 Å². The zero-order valence-electron chi connectivity index (χ0n) is 11.4. The second-order valence-corrected chi connectivity index (χ2v) is 4.57. The van der Waals surface area contributed by atoms with Crippen LogP contribution in [0.1, 0.15) is 20.3 Å². The fourth-order valence-electron chi connectivity index (χ4n) is 1.40. The molecule has 1 rings (SSSR count). The van der Waals surface area contributed by atoms with Gasteiger partial charge in [0, 0.05) is 12.1 Å². The number of hydrogen-bond acceptors (Lipinski definition) is 4. The molecule has 0 spiro atoms. The highest BCUT2D eigenvalue weighted by Gasteiger charge is 2.08. The summed E-state index contributed by atoms with van der Waals surface area (Å²) >= 11 is 0. The van der Waals surface area contributed by atoms with Crippen LogP contribution in [-0.4, -0.2) is 22.6 Å². The molecule has 1 aromatic carbocycles. The predicted octanol–water partition coefficient (Wildman–Crippen LogP) is 3.03. The number of carboxylic acids is 1. The lowest BCUT2D eigenvalue weighted by molar-refractivity contribution is -0.384. The molecule has 0 bridgehead atoms. The summed E-state index contributed by atoms with van der Waals surface area (Å²) in [6.07, 6.45) is 2.27. The van der Waals surface area contributed by atoms with Crippen molar-refractivity contribution < 1.29 is 19.6 Å². The molecule has 1 aromatic rings. The van der Waals surface area contributed by atoms with Crippen molar-refractivity contribution >= 4 is 11.7 Å². The number of allylic oxidation sites excluding steroid dienone is 1. The molecule has 0 aliphatic rings. The topological polar surface area (TPSA) is 89.7 Å². The smallest absolute Gasteiger partial charge is 0.306 e. The number of non-ortho nitro benzene ring substituents is 1. The minimum absolute atomic E-state index is 0.0138. The molecule has 0 aromatic heterocycles. The van der Waals surface area contributed by atoms with Crippen LogP contribution in [0, 0.1) is 16.0 Å². The Morgan fingerprint density at radius 1 is 1.45 bits per heavy atom. The zero-order valence-corrected chi connectivity index (χ0v) is 11.4. The van der Waals surface area contributed by atoms with Gasteiger partial charge in [0.25, 0.3) is 5.69 Å². The van der Waals surface area contributed by atoms with Gasteiger partial charge in [-0.3, -0.25) is 14.9 Å². The number of rotatable bonds is 7. The fraction of sp³-hybridized carbons (Fsp3) is 0.357. The Balaban J connectivity index is 2.48. The maximum Gasteiger partial charge on any atom is 0.306 e. The van der Waals surface area contributed by atoms with Gasteiger partial charge in [0.2, 0.25) is 0 Å². The molecule has 0 radical (unpaired) electrons. The lowest BCUT2D eigenvalue weighted by atomic mass is 10.1. The summed E-state index contributed by atoms with van der Waals surface area (Å²) < 4.78 is 5.46. The first kappa shape index (κ1) is 15.7. The van der Waals surface area contributed by atoms with Crippen molar-refractivity contribution in [2.45, 2.75) is 20.3 Å². The molecule has 0 saturated heterocycles. The van der Waals surface area contributed by atoms with Crippen LogP contribution in [0.15, 0.2) is 35.9 Å². The minimum Gasteiger partial charge on any atom is -0.489 e. The van der Waals surface area contributed by atoms with E-state index in [0.29, 0.717) is 18.8 Å². The van der Waals surface area contributed by atoms with Crippen LogP contribution in [0.25, 0.3) is 0 Å². The van der Waals surface area contributed by atoms with Crippen LogP contribution in [0.4, 0.5) is 5.69 Å². The van der Waals surface area contributed by atoms with E-state index in [0.717, 1.165) is 5.57 Å². The third-order valence-corrected chi connectivity index (χ3v) is 2.76. The van der Waals surface area contributed by atoms with E-state index in [-0.39, 0.29) is 5.69 Å². The van der Waals surface area contributed by atoms with Gasteiger partial charge in [-0.15, -0.1) is 0 Å². The van der Waals surface area contributed by atoms with E-state index < -0.39 is 16.8 Å². The van der Waals surface area contributed by atoms with Gasteiger partial charge in [-0.2, -0.15) is 0 Å². The highest BCUT2D eigenvalue weighted by molar-refractivity contribution is 5.69. The van der Waals surface area contributed by atoms with Gasteiger partial charge in [-0.25, -0.2) is 0 Å². The van der Waals surface area contributed by atoms with E-state index in [1.165, 1.54) is 24.3 Å². The van der Waals surface area contributed by atoms with Crippen molar-refractivity contribution in [2.75, 3.05) is 6.61 Å². The molecular formula is C14H17NO5. The first-order valence-corrected chi connectivity index (χ1v) is 6.16. The van der Waals surface area contributed by atoms with E-state index in [1.807, 2.05) is 13.0 Å². The van der Waals surface area contributed by atoms with Gasteiger partial charge in [0.05, 0.1) is 10.8 Å². The third kappa shape index (κ3) is 5.09. The van der Waals surface area contributed by atoms with Gasteiger partial charge in [-0.1, -0.05) is 13.0 Å². The first-order chi connectivity index (χ1) is 9.40. The van der Waals surface area contributed by atoms with Crippen LogP contribution in [0.3, 0.4) is 0 Å². The van der Waals surface area contributed by atoms with E-state index >= 15 is 0 Å². The van der Waals surface area contributed by atoms with Gasteiger partial charge < -0.3 is 9.84 Å². The Morgan fingerprint density at radius 2 is 2.05 bits per heavy atom. The van der Waals surface area contributed by atoms with Crippen LogP contribution >= 0.6 is 0 Å². The number of carbonyl (C=O) groups is 1. The van der Waals surface area contributed by atoms with E-state index in [9.17, 15) is 14.9 Å². The van der Waals surface area contributed by atoms with Gasteiger partial charge >= 0.3 is 5.97 Å². The van der Waals surface area contributed by atoms with Gasteiger partial charge in [0.1, 0.15) is 12.4 Å². The molecular weight excluding hydrogens is 262 g/mol. The molecule has 0 heterocycles. The summed E-state index contributed by atoms with van der Waals surface area (Å²) in [7, 11) is 0. The molecule has 0 fully saturated rings. The number of nitro groups is 1. The van der Waals surface area contributed by atoms with E-state index in [1.54, 1.807) is 6.92 Å².